The van der Waals surface area contributed by atoms with E-state index in [0.29, 0.717) is 18.8 Å². The number of rotatable bonds is 7. The topological polar surface area (TPSA) is 94.3 Å². The highest BCUT2D eigenvalue weighted by Crippen LogP contribution is 2.10. The van der Waals surface area contributed by atoms with E-state index in [2.05, 4.69) is 32.8 Å². The lowest BCUT2D eigenvalue weighted by Gasteiger charge is -2.33. The summed E-state index contributed by atoms with van der Waals surface area (Å²) in [5.74, 6) is -0.305. The van der Waals surface area contributed by atoms with Crippen LogP contribution in [0.4, 0.5) is 0 Å². The lowest BCUT2D eigenvalue weighted by Crippen LogP contribution is -2.47. The van der Waals surface area contributed by atoms with E-state index in [-0.39, 0.29) is 18.6 Å². The van der Waals surface area contributed by atoms with Crippen molar-refractivity contribution in [2.24, 2.45) is 0 Å². The van der Waals surface area contributed by atoms with E-state index in [4.69, 9.17) is 4.74 Å². The first-order chi connectivity index (χ1) is 14.7. The average molecular weight is 408 g/mol. The van der Waals surface area contributed by atoms with Crippen LogP contribution in [0.2, 0.25) is 0 Å². The van der Waals surface area contributed by atoms with Gasteiger partial charge >= 0.3 is 5.69 Å². The first-order valence-corrected chi connectivity index (χ1v) is 9.92. The molecule has 1 aliphatic heterocycles. The largest absolute Gasteiger partial charge is 0.374 e. The van der Waals surface area contributed by atoms with Crippen LogP contribution in [0.5, 0.6) is 0 Å². The normalized spacial score (nSPS) is 17.0. The van der Waals surface area contributed by atoms with Crippen LogP contribution in [0.1, 0.15) is 5.56 Å². The number of amides is 1. The number of benzene rings is 2. The van der Waals surface area contributed by atoms with Crippen molar-refractivity contribution in [3.63, 3.8) is 0 Å². The molecule has 1 fully saturated rings. The summed E-state index contributed by atoms with van der Waals surface area (Å²) in [4.78, 5) is 27.0. The Kier molecular flexibility index (Phi) is 6.31. The maximum absolute atomic E-state index is 12.4. The lowest BCUT2D eigenvalue weighted by molar-refractivity contribution is -0.123. The van der Waals surface area contributed by atoms with Crippen LogP contribution in [0.3, 0.4) is 0 Å². The fourth-order valence-corrected chi connectivity index (χ4v) is 3.41. The van der Waals surface area contributed by atoms with Gasteiger partial charge in [-0.15, -0.1) is 0 Å². The van der Waals surface area contributed by atoms with E-state index < -0.39 is 5.69 Å². The molecule has 0 radical (unpaired) electrons. The molecule has 156 valence electrons. The van der Waals surface area contributed by atoms with Gasteiger partial charge in [-0.25, -0.2) is 4.79 Å². The van der Waals surface area contributed by atoms with Gasteiger partial charge in [-0.2, -0.15) is 9.36 Å². The number of ether oxygens (including phenoxy) is 1. The molecule has 1 saturated heterocycles. The molecule has 0 aliphatic carbocycles. The van der Waals surface area contributed by atoms with Gasteiger partial charge in [0.1, 0.15) is 6.54 Å². The summed E-state index contributed by atoms with van der Waals surface area (Å²) in [5, 5.41) is 10.5. The van der Waals surface area contributed by atoms with Crippen LogP contribution in [0.15, 0.2) is 65.5 Å². The Hall–Kier alpha value is -3.30. The van der Waals surface area contributed by atoms with Gasteiger partial charge in [-0.1, -0.05) is 48.5 Å². The molecule has 9 nitrogen and oxygen atoms in total. The fourth-order valence-electron chi connectivity index (χ4n) is 3.41. The van der Waals surface area contributed by atoms with Crippen LogP contribution in [0, 0.1) is 0 Å². The molecule has 2 heterocycles. The van der Waals surface area contributed by atoms with Crippen LogP contribution in [-0.2, 0) is 22.6 Å². The van der Waals surface area contributed by atoms with Crippen molar-refractivity contribution in [1.82, 2.24) is 30.0 Å². The number of nitrogens with zero attached hydrogens (tertiary/aromatic N) is 5. The van der Waals surface area contributed by atoms with Gasteiger partial charge in [0.05, 0.1) is 18.4 Å². The van der Waals surface area contributed by atoms with E-state index >= 15 is 0 Å². The Morgan fingerprint density at radius 1 is 1.07 bits per heavy atom. The Bertz CT molecular complexity index is 1020. The SMILES string of the molecule is O=C(Cn1nnn(-c2ccccc2)c1=O)NC[C@H]1CN(Cc2ccccc2)CCO1. The van der Waals surface area contributed by atoms with Gasteiger partial charge in [0.2, 0.25) is 5.91 Å². The molecule has 1 atom stereocenters. The summed E-state index contributed by atoms with van der Waals surface area (Å²) in [5.41, 5.74) is 1.39. The molecule has 0 spiro atoms. The Labute approximate surface area is 173 Å². The molecule has 1 N–H and O–H groups in total. The molecule has 1 amide bonds. The zero-order chi connectivity index (χ0) is 20.8. The monoisotopic (exact) mass is 408 g/mol. The number of para-hydroxylation sites is 1. The van der Waals surface area contributed by atoms with Crippen molar-refractivity contribution in [2.75, 3.05) is 26.2 Å². The van der Waals surface area contributed by atoms with Gasteiger partial charge in [0.15, 0.2) is 0 Å². The van der Waals surface area contributed by atoms with Crippen LogP contribution in [-0.4, -0.2) is 62.9 Å². The van der Waals surface area contributed by atoms with Crippen molar-refractivity contribution in [2.45, 2.75) is 19.2 Å². The molecule has 1 aliphatic rings. The van der Waals surface area contributed by atoms with Crippen LogP contribution >= 0.6 is 0 Å². The summed E-state index contributed by atoms with van der Waals surface area (Å²) < 4.78 is 7.99. The molecule has 3 aromatic rings. The second-order valence-corrected chi connectivity index (χ2v) is 7.18. The third kappa shape index (κ3) is 5.00. The predicted octanol–water partition coefficient (Wildman–Crippen LogP) is 0.446. The fraction of sp³-hybridized carbons (Fsp3) is 0.333. The summed E-state index contributed by atoms with van der Waals surface area (Å²) >= 11 is 0. The third-order valence-electron chi connectivity index (χ3n) is 4.93. The maximum atomic E-state index is 12.4. The average Bonchev–Trinajstić information content (AvgIpc) is 3.14. The van der Waals surface area contributed by atoms with Crippen molar-refractivity contribution in [3.05, 3.63) is 76.7 Å². The van der Waals surface area contributed by atoms with Crippen LogP contribution in [0.25, 0.3) is 5.69 Å². The third-order valence-corrected chi connectivity index (χ3v) is 4.93. The zero-order valence-electron chi connectivity index (χ0n) is 16.6. The van der Waals surface area contributed by atoms with Crippen molar-refractivity contribution < 1.29 is 9.53 Å². The Morgan fingerprint density at radius 3 is 2.57 bits per heavy atom. The van der Waals surface area contributed by atoms with E-state index in [0.717, 1.165) is 24.3 Å². The number of carbonyl (C=O) groups excluding carboxylic acids is 1. The van der Waals surface area contributed by atoms with Gasteiger partial charge in [0, 0.05) is 26.2 Å². The highest BCUT2D eigenvalue weighted by Gasteiger charge is 2.21. The van der Waals surface area contributed by atoms with Crippen LogP contribution < -0.4 is 11.0 Å². The number of nitrogens with one attached hydrogen (secondary N) is 1. The number of tetrazole rings is 1. The van der Waals surface area contributed by atoms with Crippen molar-refractivity contribution >= 4 is 5.91 Å². The molecule has 4 rings (SSSR count). The Balaban J connectivity index is 1.28. The molecule has 2 aromatic carbocycles. The number of carbonyl (C=O) groups is 1. The molecule has 0 bridgehead atoms. The van der Waals surface area contributed by atoms with E-state index in [9.17, 15) is 9.59 Å². The second-order valence-electron chi connectivity index (χ2n) is 7.18. The number of hydrogen-bond acceptors (Lipinski definition) is 6. The number of hydrogen-bond donors (Lipinski definition) is 1. The number of aromatic nitrogens is 4. The maximum Gasteiger partial charge on any atom is 0.368 e. The molecular formula is C21H24N6O3. The van der Waals surface area contributed by atoms with Crippen molar-refractivity contribution in [1.29, 1.82) is 0 Å². The van der Waals surface area contributed by atoms with Gasteiger partial charge in [-0.05, 0) is 28.1 Å². The van der Waals surface area contributed by atoms with Crippen molar-refractivity contribution in [3.8, 4) is 5.69 Å². The standard InChI is InChI=1S/C21H24N6O3/c28-20(16-26-21(29)27(24-23-26)18-9-5-2-6-10-18)22-13-19-15-25(11-12-30-19)14-17-7-3-1-4-8-17/h1-10,19H,11-16H2,(H,22,28)/t19-/m0/s1. The highest BCUT2D eigenvalue weighted by atomic mass is 16.5. The van der Waals surface area contributed by atoms with Gasteiger partial charge in [0.25, 0.3) is 0 Å². The summed E-state index contributed by atoms with van der Waals surface area (Å²) in [6, 6.07) is 19.2. The highest BCUT2D eigenvalue weighted by molar-refractivity contribution is 5.75. The van der Waals surface area contributed by atoms with E-state index in [1.54, 1.807) is 24.3 Å². The minimum absolute atomic E-state index is 0.0943. The first-order valence-electron chi connectivity index (χ1n) is 9.92. The number of morpholine rings is 1. The summed E-state index contributed by atoms with van der Waals surface area (Å²) in [7, 11) is 0. The molecule has 9 heteroatoms. The summed E-state index contributed by atoms with van der Waals surface area (Å²) in [6.07, 6.45) is -0.0943. The molecular weight excluding hydrogens is 384 g/mol. The molecule has 30 heavy (non-hydrogen) atoms. The summed E-state index contributed by atoms with van der Waals surface area (Å²) in [6.45, 7) is 3.26. The minimum atomic E-state index is -0.459. The van der Waals surface area contributed by atoms with E-state index in [1.807, 2.05) is 24.3 Å². The quantitative estimate of drug-likeness (QED) is 0.610. The smallest absolute Gasteiger partial charge is 0.368 e. The predicted molar refractivity (Wildman–Crippen MR) is 110 cm³/mol. The molecule has 0 unspecified atom stereocenters. The van der Waals surface area contributed by atoms with E-state index in [1.165, 1.54) is 10.2 Å². The second kappa shape index (κ2) is 9.47. The first kappa shape index (κ1) is 20.0. The van der Waals surface area contributed by atoms with Gasteiger partial charge < -0.3 is 10.1 Å². The molecule has 1 aromatic heterocycles. The molecule has 0 saturated carbocycles. The lowest BCUT2D eigenvalue weighted by atomic mass is 10.2. The van der Waals surface area contributed by atoms with Gasteiger partial charge in [-0.3, -0.25) is 9.69 Å². The Morgan fingerprint density at radius 2 is 1.80 bits per heavy atom. The minimum Gasteiger partial charge on any atom is -0.374 e. The zero-order valence-corrected chi connectivity index (χ0v) is 16.6.